The largest absolute Gasteiger partial charge is 0.299 e. The minimum atomic E-state index is -0.929. The Hall–Kier alpha value is -0.370. The van der Waals surface area contributed by atoms with Crippen molar-refractivity contribution in [3.05, 3.63) is 0 Å². The monoisotopic (exact) mass is 176 g/mol. The van der Waals surface area contributed by atoms with Crippen LogP contribution in [0.4, 0.5) is 0 Å². The number of carbonyl (C=O) groups is 2. The Morgan fingerprint density at radius 1 is 1.27 bits per heavy atom. The smallest absolute Gasteiger partial charge is 0.235 e. The minimum Gasteiger partial charge on any atom is -0.299 e. The molecule has 0 aromatic rings. The minimum absolute atomic E-state index is 0.137. The Labute approximate surface area is 71.9 Å². The number of carbonyl (C=O) groups excluding carboxylic acids is 2. The summed E-state index contributed by atoms with van der Waals surface area (Å²) in [6.07, 6.45) is 0.975. The highest BCUT2D eigenvalue weighted by atomic mass is 35.5. The highest BCUT2D eigenvalue weighted by Crippen LogP contribution is 2.30. The van der Waals surface area contributed by atoms with Gasteiger partial charge in [0, 0.05) is 0 Å². The van der Waals surface area contributed by atoms with Gasteiger partial charge < -0.3 is 0 Å². The van der Waals surface area contributed by atoms with E-state index in [1.807, 2.05) is 0 Å². The molecular formula is C8H13ClO2. The Morgan fingerprint density at radius 3 is 1.64 bits per heavy atom. The SMILES string of the molecule is CCC(CC)(C(C)=O)C(=O)Cl. The normalized spacial score (nSPS) is 11.3. The Morgan fingerprint density at radius 2 is 1.64 bits per heavy atom. The van der Waals surface area contributed by atoms with Crippen LogP contribution in [0.15, 0.2) is 0 Å². The Kier molecular flexibility index (Phi) is 3.73. The van der Waals surface area contributed by atoms with Gasteiger partial charge in [0.2, 0.25) is 5.24 Å². The fourth-order valence-electron chi connectivity index (χ4n) is 1.16. The van der Waals surface area contributed by atoms with Crippen LogP contribution in [0, 0.1) is 5.41 Å². The lowest BCUT2D eigenvalue weighted by molar-refractivity contribution is -0.135. The van der Waals surface area contributed by atoms with Crippen LogP contribution in [0.1, 0.15) is 33.6 Å². The predicted octanol–water partition coefficient (Wildman–Crippen LogP) is 2.15. The summed E-state index contributed by atoms with van der Waals surface area (Å²) >= 11 is 5.34. The number of Topliss-reactive ketones (excluding diaryl/α,β-unsaturated/α-hetero) is 1. The molecule has 0 saturated heterocycles. The number of hydrogen-bond acceptors (Lipinski definition) is 2. The van der Waals surface area contributed by atoms with E-state index >= 15 is 0 Å². The average molecular weight is 177 g/mol. The van der Waals surface area contributed by atoms with E-state index in [0.717, 1.165) is 0 Å². The molecule has 0 rings (SSSR count). The quantitative estimate of drug-likeness (QED) is 0.486. The standard InChI is InChI=1S/C8H13ClO2/c1-4-8(5-2,6(3)10)7(9)11/h4-5H2,1-3H3. The first-order valence-electron chi connectivity index (χ1n) is 3.72. The van der Waals surface area contributed by atoms with Crippen LogP contribution >= 0.6 is 11.6 Å². The summed E-state index contributed by atoms with van der Waals surface area (Å²) in [4.78, 5) is 22.0. The molecule has 0 atom stereocenters. The lowest BCUT2D eigenvalue weighted by atomic mass is 9.80. The molecule has 0 radical (unpaired) electrons. The van der Waals surface area contributed by atoms with Crippen molar-refractivity contribution in [2.75, 3.05) is 0 Å². The molecule has 11 heavy (non-hydrogen) atoms. The van der Waals surface area contributed by atoms with Gasteiger partial charge in [-0.15, -0.1) is 0 Å². The first-order valence-corrected chi connectivity index (χ1v) is 4.10. The fourth-order valence-corrected chi connectivity index (χ4v) is 1.56. The number of halogens is 1. The molecule has 0 aliphatic heterocycles. The molecule has 0 spiro atoms. The second-order valence-corrected chi connectivity index (χ2v) is 2.96. The highest BCUT2D eigenvalue weighted by Gasteiger charge is 2.38. The van der Waals surface area contributed by atoms with Crippen LogP contribution < -0.4 is 0 Å². The van der Waals surface area contributed by atoms with Crippen molar-refractivity contribution in [2.24, 2.45) is 5.41 Å². The predicted molar refractivity (Wildman–Crippen MR) is 44.6 cm³/mol. The Bertz CT molecular complexity index is 155. The molecule has 0 amide bonds. The van der Waals surface area contributed by atoms with Gasteiger partial charge in [0.1, 0.15) is 11.2 Å². The molecule has 0 aliphatic carbocycles. The van der Waals surface area contributed by atoms with Crippen LogP contribution in [0.5, 0.6) is 0 Å². The van der Waals surface area contributed by atoms with E-state index in [-0.39, 0.29) is 5.78 Å². The fraction of sp³-hybridized carbons (Fsp3) is 0.750. The molecular weight excluding hydrogens is 164 g/mol. The zero-order valence-corrected chi connectivity index (χ0v) is 7.86. The first-order chi connectivity index (χ1) is 5.01. The number of ketones is 1. The van der Waals surface area contributed by atoms with Gasteiger partial charge in [0.05, 0.1) is 0 Å². The van der Waals surface area contributed by atoms with E-state index in [9.17, 15) is 9.59 Å². The van der Waals surface area contributed by atoms with Crippen LogP contribution in [-0.2, 0) is 9.59 Å². The third kappa shape index (κ3) is 1.80. The number of hydrogen-bond donors (Lipinski definition) is 0. The zero-order valence-electron chi connectivity index (χ0n) is 7.11. The van der Waals surface area contributed by atoms with E-state index in [2.05, 4.69) is 0 Å². The van der Waals surface area contributed by atoms with Gasteiger partial charge in [-0.1, -0.05) is 13.8 Å². The Balaban J connectivity index is 4.76. The molecule has 0 bridgehead atoms. The number of rotatable bonds is 4. The van der Waals surface area contributed by atoms with Crippen molar-refractivity contribution >= 4 is 22.6 Å². The molecule has 64 valence electrons. The van der Waals surface area contributed by atoms with Gasteiger partial charge in [0.15, 0.2) is 0 Å². The lowest BCUT2D eigenvalue weighted by Gasteiger charge is -2.23. The molecule has 0 aromatic carbocycles. The second kappa shape index (κ2) is 3.86. The maximum Gasteiger partial charge on any atom is 0.235 e. The van der Waals surface area contributed by atoms with E-state index in [1.165, 1.54) is 6.92 Å². The summed E-state index contributed by atoms with van der Waals surface area (Å²) in [5.74, 6) is -0.137. The van der Waals surface area contributed by atoms with Crippen LogP contribution in [-0.4, -0.2) is 11.0 Å². The van der Waals surface area contributed by atoms with Crippen molar-refractivity contribution < 1.29 is 9.59 Å². The van der Waals surface area contributed by atoms with Crippen molar-refractivity contribution in [1.82, 2.24) is 0 Å². The summed E-state index contributed by atoms with van der Waals surface area (Å²) in [6, 6.07) is 0. The molecule has 0 unspecified atom stereocenters. The van der Waals surface area contributed by atoms with Crippen molar-refractivity contribution in [1.29, 1.82) is 0 Å². The van der Waals surface area contributed by atoms with Gasteiger partial charge in [-0.25, -0.2) is 0 Å². The maximum atomic E-state index is 11.1. The summed E-state index contributed by atoms with van der Waals surface area (Å²) in [5.41, 5.74) is -0.929. The van der Waals surface area contributed by atoms with E-state index < -0.39 is 10.7 Å². The van der Waals surface area contributed by atoms with Gasteiger partial charge in [-0.05, 0) is 31.4 Å². The topological polar surface area (TPSA) is 34.1 Å². The van der Waals surface area contributed by atoms with Gasteiger partial charge in [-0.3, -0.25) is 9.59 Å². The van der Waals surface area contributed by atoms with Crippen molar-refractivity contribution in [2.45, 2.75) is 33.6 Å². The zero-order chi connectivity index (χ0) is 9.07. The third-order valence-electron chi connectivity index (χ3n) is 2.26. The summed E-state index contributed by atoms with van der Waals surface area (Å²) in [7, 11) is 0. The molecule has 0 aliphatic rings. The van der Waals surface area contributed by atoms with Gasteiger partial charge >= 0.3 is 0 Å². The molecule has 0 aromatic heterocycles. The van der Waals surface area contributed by atoms with Crippen molar-refractivity contribution in [3.8, 4) is 0 Å². The first kappa shape index (κ1) is 10.6. The molecule has 0 saturated carbocycles. The van der Waals surface area contributed by atoms with E-state index in [0.29, 0.717) is 12.8 Å². The van der Waals surface area contributed by atoms with E-state index in [1.54, 1.807) is 13.8 Å². The molecule has 3 heteroatoms. The molecule has 0 fully saturated rings. The molecule has 0 N–H and O–H groups in total. The van der Waals surface area contributed by atoms with Crippen LogP contribution in [0.25, 0.3) is 0 Å². The summed E-state index contributed by atoms with van der Waals surface area (Å²) in [5, 5.41) is -0.532. The third-order valence-corrected chi connectivity index (χ3v) is 2.62. The molecule has 2 nitrogen and oxygen atoms in total. The lowest BCUT2D eigenvalue weighted by Crippen LogP contribution is -2.33. The van der Waals surface area contributed by atoms with Crippen LogP contribution in [0.3, 0.4) is 0 Å². The van der Waals surface area contributed by atoms with E-state index in [4.69, 9.17) is 11.6 Å². The molecule has 0 heterocycles. The van der Waals surface area contributed by atoms with Gasteiger partial charge in [-0.2, -0.15) is 0 Å². The van der Waals surface area contributed by atoms with Crippen LogP contribution in [0.2, 0.25) is 0 Å². The average Bonchev–Trinajstić information content (AvgIpc) is 1.90. The summed E-state index contributed by atoms with van der Waals surface area (Å²) < 4.78 is 0. The van der Waals surface area contributed by atoms with Gasteiger partial charge in [0.25, 0.3) is 0 Å². The maximum absolute atomic E-state index is 11.1. The highest BCUT2D eigenvalue weighted by molar-refractivity contribution is 6.66. The second-order valence-electron chi connectivity index (χ2n) is 2.62. The van der Waals surface area contributed by atoms with Crippen molar-refractivity contribution in [3.63, 3.8) is 0 Å². The summed E-state index contributed by atoms with van der Waals surface area (Å²) in [6.45, 7) is 5.00.